The third kappa shape index (κ3) is 2.19. The van der Waals surface area contributed by atoms with Gasteiger partial charge in [0, 0.05) is 12.0 Å². The molecule has 1 fully saturated rings. The topological polar surface area (TPSA) is 49.3 Å². The first-order valence-corrected chi connectivity index (χ1v) is 4.06. The Morgan fingerprint density at radius 1 is 1.82 bits per heavy atom. The van der Waals surface area contributed by atoms with Crippen LogP contribution in [-0.4, -0.2) is 23.7 Å². The van der Waals surface area contributed by atoms with E-state index in [0.29, 0.717) is 5.92 Å². The van der Waals surface area contributed by atoms with Gasteiger partial charge in [-0.1, -0.05) is 6.92 Å². The van der Waals surface area contributed by atoms with Crippen LogP contribution in [0, 0.1) is 11.8 Å². The summed E-state index contributed by atoms with van der Waals surface area (Å²) in [6, 6.07) is -0.102. The van der Waals surface area contributed by atoms with Crippen molar-refractivity contribution in [3.8, 4) is 0 Å². The molecule has 3 nitrogen and oxygen atoms in total. The maximum Gasteiger partial charge on any atom is 0.223 e. The molecule has 2 N–H and O–H groups in total. The number of carbonyl (C=O) groups is 1. The molecule has 1 unspecified atom stereocenters. The van der Waals surface area contributed by atoms with Crippen LogP contribution in [0.4, 0.5) is 0 Å². The number of aliphatic hydroxyl groups excluding tert-OH is 1. The second-order valence-electron chi connectivity index (χ2n) is 3.41. The molecule has 64 valence electrons. The normalized spacial score (nSPS) is 31.2. The third-order valence-electron chi connectivity index (χ3n) is 2.11. The SMILES string of the molecule is CC(CO)NC(=O)[C@H]1C[C@@H]1C. The van der Waals surface area contributed by atoms with E-state index in [2.05, 4.69) is 12.2 Å². The van der Waals surface area contributed by atoms with Crippen molar-refractivity contribution in [3.05, 3.63) is 0 Å². The van der Waals surface area contributed by atoms with Crippen LogP contribution in [0.1, 0.15) is 20.3 Å². The number of hydrogen-bond acceptors (Lipinski definition) is 2. The molecule has 0 aromatic heterocycles. The van der Waals surface area contributed by atoms with Crippen molar-refractivity contribution in [1.82, 2.24) is 5.32 Å². The maximum absolute atomic E-state index is 11.2. The lowest BCUT2D eigenvalue weighted by atomic mass is 10.3. The van der Waals surface area contributed by atoms with Crippen LogP contribution in [0.15, 0.2) is 0 Å². The first kappa shape index (κ1) is 8.53. The molecule has 0 heterocycles. The highest BCUT2D eigenvalue weighted by atomic mass is 16.3. The largest absolute Gasteiger partial charge is 0.394 e. The fourth-order valence-corrected chi connectivity index (χ4v) is 1.08. The summed E-state index contributed by atoms with van der Waals surface area (Å²) in [5.41, 5.74) is 0. The van der Waals surface area contributed by atoms with Crippen molar-refractivity contribution in [3.63, 3.8) is 0 Å². The molecule has 0 bridgehead atoms. The molecule has 1 saturated carbocycles. The monoisotopic (exact) mass is 157 g/mol. The van der Waals surface area contributed by atoms with Gasteiger partial charge in [0.15, 0.2) is 0 Å². The first-order valence-electron chi connectivity index (χ1n) is 4.06. The van der Waals surface area contributed by atoms with Gasteiger partial charge in [-0.2, -0.15) is 0 Å². The molecule has 1 rings (SSSR count). The van der Waals surface area contributed by atoms with Crippen molar-refractivity contribution in [1.29, 1.82) is 0 Å². The van der Waals surface area contributed by atoms with E-state index in [4.69, 9.17) is 5.11 Å². The lowest BCUT2D eigenvalue weighted by Crippen LogP contribution is -2.36. The molecular weight excluding hydrogens is 142 g/mol. The van der Waals surface area contributed by atoms with E-state index < -0.39 is 0 Å². The molecular formula is C8H15NO2. The Hall–Kier alpha value is -0.570. The number of nitrogens with one attached hydrogen (secondary N) is 1. The predicted molar refractivity (Wildman–Crippen MR) is 42.0 cm³/mol. The number of carbonyl (C=O) groups excluding carboxylic acids is 1. The summed E-state index contributed by atoms with van der Waals surface area (Å²) in [7, 11) is 0. The van der Waals surface area contributed by atoms with Crippen LogP contribution in [0.5, 0.6) is 0 Å². The molecule has 0 spiro atoms. The van der Waals surface area contributed by atoms with Crippen LogP contribution in [0.25, 0.3) is 0 Å². The molecule has 0 aromatic rings. The van der Waals surface area contributed by atoms with Crippen LogP contribution in [0.2, 0.25) is 0 Å². The van der Waals surface area contributed by atoms with Crippen molar-refractivity contribution in [2.45, 2.75) is 26.3 Å². The molecule has 0 radical (unpaired) electrons. The van der Waals surface area contributed by atoms with Gasteiger partial charge in [0.25, 0.3) is 0 Å². The van der Waals surface area contributed by atoms with Crippen LogP contribution in [0.3, 0.4) is 0 Å². The summed E-state index contributed by atoms with van der Waals surface area (Å²) >= 11 is 0. The van der Waals surface area contributed by atoms with Crippen molar-refractivity contribution < 1.29 is 9.90 Å². The van der Waals surface area contributed by atoms with E-state index in [1.165, 1.54) is 0 Å². The average Bonchev–Trinajstić information content (AvgIpc) is 2.66. The molecule has 0 aromatic carbocycles. The Kier molecular flexibility index (Phi) is 2.49. The Labute approximate surface area is 66.8 Å². The summed E-state index contributed by atoms with van der Waals surface area (Å²) in [5, 5.41) is 11.4. The zero-order chi connectivity index (χ0) is 8.43. The van der Waals surface area contributed by atoms with Gasteiger partial charge in [0.2, 0.25) is 5.91 Å². The molecule has 3 heteroatoms. The molecule has 1 aliphatic rings. The summed E-state index contributed by atoms with van der Waals surface area (Å²) in [6.07, 6.45) is 1.00. The summed E-state index contributed by atoms with van der Waals surface area (Å²) in [6.45, 7) is 3.88. The molecule has 1 amide bonds. The molecule has 0 aliphatic heterocycles. The lowest BCUT2D eigenvalue weighted by Gasteiger charge is -2.09. The first-order chi connectivity index (χ1) is 5.15. The van der Waals surface area contributed by atoms with Gasteiger partial charge in [0.1, 0.15) is 0 Å². The minimum atomic E-state index is -0.102. The van der Waals surface area contributed by atoms with Gasteiger partial charge in [-0.05, 0) is 19.3 Å². The smallest absolute Gasteiger partial charge is 0.223 e. The van der Waals surface area contributed by atoms with Gasteiger partial charge in [-0.3, -0.25) is 4.79 Å². The fraction of sp³-hybridized carbons (Fsp3) is 0.875. The van der Waals surface area contributed by atoms with E-state index in [0.717, 1.165) is 6.42 Å². The van der Waals surface area contributed by atoms with E-state index in [-0.39, 0.29) is 24.5 Å². The van der Waals surface area contributed by atoms with Crippen LogP contribution >= 0.6 is 0 Å². The predicted octanol–water partition coefficient (Wildman–Crippen LogP) is 0.139. The minimum absolute atomic E-state index is 0.0207. The maximum atomic E-state index is 11.2. The molecule has 3 atom stereocenters. The highest BCUT2D eigenvalue weighted by Crippen LogP contribution is 2.37. The zero-order valence-corrected chi connectivity index (χ0v) is 7.00. The highest BCUT2D eigenvalue weighted by molar-refractivity contribution is 5.81. The Balaban J connectivity index is 2.21. The van der Waals surface area contributed by atoms with E-state index in [1.807, 2.05) is 0 Å². The fourth-order valence-electron chi connectivity index (χ4n) is 1.08. The number of hydrogen-bond donors (Lipinski definition) is 2. The van der Waals surface area contributed by atoms with Crippen LogP contribution < -0.4 is 5.32 Å². The van der Waals surface area contributed by atoms with Crippen LogP contribution in [-0.2, 0) is 4.79 Å². The average molecular weight is 157 g/mol. The quantitative estimate of drug-likeness (QED) is 0.612. The third-order valence-corrected chi connectivity index (χ3v) is 2.11. The molecule has 1 aliphatic carbocycles. The van der Waals surface area contributed by atoms with Gasteiger partial charge >= 0.3 is 0 Å². The Bertz CT molecular complexity index is 158. The number of amides is 1. The number of rotatable bonds is 3. The Morgan fingerprint density at radius 2 is 2.36 bits per heavy atom. The zero-order valence-electron chi connectivity index (χ0n) is 7.00. The van der Waals surface area contributed by atoms with E-state index in [9.17, 15) is 4.79 Å². The summed E-state index contributed by atoms with van der Waals surface area (Å²) in [5.74, 6) is 0.851. The van der Waals surface area contributed by atoms with Gasteiger partial charge in [0.05, 0.1) is 6.61 Å². The van der Waals surface area contributed by atoms with Gasteiger partial charge in [-0.15, -0.1) is 0 Å². The van der Waals surface area contributed by atoms with E-state index >= 15 is 0 Å². The van der Waals surface area contributed by atoms with Crippen molar-refractivity contribution in [2.24, 2.45) is 11.8 Å². The summed E-state index contributed by atoms with van der Waals surface area (Å²) < 4.78 is 0. The molecule has 0 saturated heterocycles. The van der Waals surface area contributed by atoms with Gasteiger partial charge < -0.3 is 10.4 Å². The van der Waals surface area contributed by atoms with E-state index in [1.54, 1.807) is 6.92 Å². The highest BCUT2D eigenvalue weighted by Gasteiger charge is 2.39. The second-order valence-corrected chi connectivity index (χ2v) is 3.41. The lowest BCUT2D eigenvalue weighted by molar-refractivity contribution is -0.123. The van der Waals surface area contributed by atoms with Crippen molar-refractivity contribution in [2.75, 3.05) is 6.61 Å². The Morgan fingerprint density at radius 3 is 2.73 bits per heavy atom. The number of aliphatic hydroxyl groups is 1. The molecule has 11 heavy (non-hydrogen) atoms. The minimum Gasteiger partial charge on any atom is -0.394 e. The second kappa shape index (κ2) is 3.22. The standard InChI is InChI=1S/C8H15NO2/c1-5-3-7(5)8(11)9-6(2)4-10/h5-7,10H,3-4H2,1-2H3,(H,9,11)/t5-,6?,7-/m0/s1. The van der Waals surface area contributed by atoms with Gasteiger partial charge in [-0.25, -0.2) is 0 Å². The van der Waals surface area contributed by atoms with Crippen molar-refractivity contribution >= 4 is 5.91 Å². The summed E-state index contributed by atoms with van der Waals surface area (Å²) in [4.78, 5) is 11.2.